The van der Waals surface area contributed by atoms with Gasteiger partial charge in [-0.25, -0.2) is 0 Å². The fraction of sp³-hybridized carbons (Fsp3) is 0.143. The minimum Gasteiger partial charge on any atom is -0.483 e. The average Bonchev–Trinajstić information content (AvgIpc) is 2.62. The molecule has 0 fully saturated rings. The predicted octanol–water partition coefficient (Wildman–Crippen LogP) is 4.62. The lowest BCUT2D eigenvalue weighted by Gasteiger charge is -2.12. The van der Waals surface area contributed by atoms with Gasteiger partial charge in [0.1, 0.15) is 5.75 Å². The number of hydrogen-bond donors (Lipinski definition) is 1. The second-order valence-corrected chi connectivity index (χ2v) is 5.57. The van der Waals surface area contributed by atoms with Crippen LogP contribution in [-0.2, 0) is 11.2 Å². The highest BCUT2D eigenvalue weighted by Crippen LogP contribution is 2.25. The van der Waals surface area contributed by atoms with Gasteiger partial charge < -0.3 is 10.1 Å². The smallest absolute Gasteiger partial charge is 0.262 e. The van der Waals surface area contributed by atoms with Crippen molar-refractivity contribution < 1.29 is 9.53 Å². The third-order valence-corrected chi connectivity index (χ3v) is 3.85. The van der Waals surface area contributed by atoms with Crippen molar-refractivity contribution in [3.63, 3.8) is 0 Å². The summed E-state index contributed by atoms with van der Waals surface area (Å²) in [4.78, 5) is 12.2. The maximum absolute atomic E-state index is 12.2. The molecule has 0 saturated heterocycles. The summed E-state index contributed by atoms with van der Waals surface area (Å²) in [6.45, 7) is 3.85. The molecular weight excluding hydrogens is 298 g/mol. The zero-order valence-electron chi connectivity index (χ0n) is 13.5. The number of aryl methyl sites for hydroxylation is 1. The van der Waals surface area contributed by atoms with Gasteiger partial charge in [-0.3, -0.25) is 4.79 Å². The largest absolute Gasteiger partial charge is 0.483 e. The third-order valence-electron chi connectivity index (χ3n) is 3.85. The molecule has 0 saturated carbocycles. The van der Waals surface area contributed by atoms with Gasteiger partial charge in [0.25, 0.3) is 5.91 Å². The Balaban J connectivity index is 1.67. The van der Waals surface area contributed by atoms with E-state index in [2.05, 4.69) is 12.2 Å². The second-order valence-electron chi connectivity index (χ2n) is 5.57. The highest BCUT2D eigenvalue weighted by atomic mass is 16.5. The summed E-state index contributed by atoms with van der Waals surface area (Å²) < 4.78 is 5.73. The summed E-state index contributed by atoms with van der Waals surface area (Å²) in [6, 6.07) is 21.6. The molecule has 3 nitrogen and oxygen atoms in total. The van der Waals surface area contributed by atoms with Crippen LogP contribution >= 0.6 is 0 Å². The van der Waals surface area contributed by atoms with Crippen molar-refractivity contribution in [2.45, 2.75) is 12.8 Å². The molecule has 24 heavy (non-hydrogen) atoms. The number of rotatable bonds is 6. The Labute approximate surface area is 142 Å². The number of fused-ring (bicyclic) bond motifs is 1. The van der Waals surface area contributed by atoms with Crippen molar-refractivity contribution >= 4 is 22.4 Å². The number of nitrogens with one attached hydrogen (secondary N) is 1. The molecule has 0 unspecified atom stereocenters. The van der Waals surface area contributed by atoms with Crippen LogP contribution in [0.4, 0.5) is 5.69 Å². The van der Waals surface area contributed by atoms with E-state index in [4.69, 9.17) is 4.74 Å². The Hall–Kier alpha value is -2.81. The third kappa shape index (κ3) is 3.74. The lowest BCUT2D eigenvalue weighted by atomic mass is 10.1. The first kappa shape index (κ1) is 16.1. The fourth-order valence-electron chi connectivity index (χ4n) is 2.70. The SMILES string of the molecule is [CH2]CCc1ccccc1NC(=O)COc1cccc2ccccc12. The molecule has 3 aromatic carbocycles. The molecule has 0 aliphatic rings. The van der Waals surface area contributed by atoms with Crippen LogP contribution in [0.1, 0.15) is 12.0 Å². The lowest BCUT2D eigenvalue weighted by Crippen LogP contribution is -2.21. The molecule has 3 heteroatoms. The van der Waals surface area contributed by atoms with Crippen molar-refractivity contribution in [1.82, 2.24) is 0 Å². The minimum atomic E-state index is -0.167. The summed E-state index contributed by atoms with van der Waals surface area (Å²) >= 11 is 0. The van der Waals surface area contributed by atoms with E-state index >= 15 is 0 Å². The first-order chi connectivity index (χ1) is 11.8. The van der Waals surface area contributed by atoms with E-state index in [9.17, 15) is 4.79 Å². The number of amides is 1. The predicted molar refractivity (Wildman–Crippen MR) is 98.2 cm³/mol. The van der Waals surface area contributed by atoms with Crippen LogP contribution in [0.15, 0.2) is 66.7 Å². The first-order valence-corrected chi connectivity index (χ1v) is 8.05. The second kappa shape index (κ2) is 7.64. The molecule has 3 aromatic rings. The number of para-hydroxylation sites is 1. The van der Waals surface area contributed by atoms with Gasteiger partial charge in [0, 0.05) is 11.1 Å². The van der Waals surface area contributed by atoms with Gasteiger partial charge in [-0.2, -0.15) is 0 Å². The van der Waals surface area contributed by atoms with Crippen molar-refractivity contribution in [3.05, 3.63) is 79.2 Å². The first-order valence-electron chi connectivity index (χ1n) is 8.05. The molecule has 0 bridgehead atoms. The van der Waals surface area contributed by atoms with Crippen LogP contribution in [0.2, 0.25) is 0 Å². The van der Waals surface area contributed by atoms with Crippen LogP contribution in [-0.4, -0.2) is 12.5 Å². The van der Waals surface area contributed by atoms with Crippen LogP contribution in [0.3, 0.4) is 0 Å². The van der Waals surface area contributed by atoms with Gasteiger partial charge >= 0.3 is 0 Å². The zero-order chi connectivity index (χ0) is 16.8. The quantitative estimate of drug-likeness (QED) is 0.720. The number of hydrogen-bond acceptors (Lipinski definition) is 2. The van der Waals surface area contributed by atoms with Crippen LogP contribution in [0.5, 0.6) is 5.75 Å². The van der Waals surface area contributed by atoms with Crippen LogP contribution in [0, 0.1) is 6.92 Å². The fourth-order valence-corrected chi connectivity index (χ4v) is 2.70. The van der Waals surface area contributed by atoms with Crippen molar-refractivity contribution in [2.24, 2.45) is 0 Å². The molecule has 1 amide bonds. The Morgan fingerprint density at radius 2 is 1.71 bits per heavy atom. The van der Waals surface area contributed by atoms with Gasteiger partial charge in [0.05, 0.1) is 0 Å². The van der Waals surface area contributed by atoms with Crippen LogP contribution < -0.4 is 10.1 Å². The molecule has 0 aliphatic carbocycles. The molecule has 0 aliphatic heterocycles. The maximum Gasteiger partial charge on any atom is 0.262 e. The standard InChI is InChI=1S/C21H20NO2/c1-2-8-17-10-4-6-13-19(17)22-21(23)15-24-20-14-7-11-16-9-3-5-12-18(16)20/h3-7,9-14H,1-2,8,15H2,(H,22,23). The Morgan fingerprint density at radius 3 is 2.58 bits per heavy atom. The van der Waals surface area contributed by atoms with Crippen LogP contribution in [0.25, 0.3) is 10.8 Å². The summed E-state index contributed by atoms with van der Waals surface area (Å²) in [5.74, 6) is 0.550. The van der Waals surface area contributed by atoms with E-state index in [0.29, 0.717) is 5.75 Å². The van der Waals surface area contributed by atoms with Crippen molar-refractivity contribution in [1.29, 1.82) is 0 Å². The molecule has 0 spiro atoms. The number of carbonyl (C=O) groups is 1. The van der Waals surface area contributed by atoms with Gasteiger partial charge in [-0.05, 0) is 35.9 Å². The van der Waals surface area contributed by atoms with Gasteiger partial charge in [-0.1, -0.05) is 61.5 Å². The number of ether oxygens (including phenoxy) is 1. The van der Waals surface area contributed by atoms with E-state index in [0.717, 1.165) is 34.9 Å². The summed E-state index contributed by atoms with van der Waals surface area (Å²) in [7, 11) is 0. The summed E-state index contributed by atoms with van der Waals surface area (Å²) in [6.07, 6.45) is 1.63. The van der Waals surface area contributed by atoms with E-state index in [-0.39, 0.29) is 12.5 Å². The number of anilines is 1. The normalized spacial score (nSPS) is 10.5. The Kier molecular flexibility index (Phi) is 5.12. The molecular formula is C21H20NO2. The topological polar surface area (TPSA) is 38.3 Å². The van der Waals surface area contributed by atoms with Gasteiger partial charge in [-0.15, -0.1) is 0 Å². The zero-order valence-corrected chi connectivity index (χ0v) is 13.5. The van der Waals surface area contributed by atoms with Gasteiger partial charge in [0.2, 0.25) is 0 Å². The molecule has 0 heterocycles. The van der Waals surface area contributed by atoms with Gasteiger partial charge in [0.15, 0.2) is 6.61 Å². The lowest BCUT2D eigenvalue weighted by molar-refractivity contribution is -0.118. The molecule has 1 N–H and O–H groups in total. The maximum atomic E-state index is 12.2. The Bertz CT molecular complexity index is 837. The monoisotopic (exact) mass is 318 g/mol. The Morgan fingerprint density at radius 1 is 0.958 bits per heavy atom. The molecule has 1 radical (unpaired) electrons. The molecule has 3 rings (SSSR count). The van der Waals surface area contributed by atoms with E-state index in [1.807, 2.05) is 66.7 Å². The van der Waals surface area contributed by atoms with Crippen molar-refractivity contribution in [3.8, 4) is 5.75 Å². The number of carbonyl (C=O) groups excluding carboxylic acids is 1. The molecule has 0 aromatic heterocycles. The molecule has 0 atom stereocenters. The molecule has 121 valence electrons. The average molecular weight is 318 g/mol. The van der Waals surface area contributed by atoms with E-state index < -0.39 is 0 Å². The van der Waals surface area contributed by atoms with Crippen molar-refractivity contribution in [2.75, 3.05) is 11.9 Å². The van der Waals surface area contributed by atoms with E-state index in [1.165, 1.54) is 0 Å². The van der Waals surface area contributed by atoms with E-state index in [1.54, 1.807) is 0 Å². The summed E-state index contributed by atoms with van der Waals surface area (Å²) in [5.41, 5.74) is 1.92. The highest BCUT2D eigenvalue weighted by molar-refractivity contribution is 5.93. The highest BCUT2D eigenvalue weighted by Gasteiger charge is 2.08. The number of benzene rings is 3. The summed E-state index contributed by atoms with van der Waals surface area (Å²) in [5, 5.41) is 5.02. The minimum absolute atomic E-state index is 0.0211.